The molecule has 0 aliphatic rings. The molecule has 0 saturated carbocycles. The van der Waals surface area contributed by atoms with Gasteiger partial charge in [-0.25, -0.2) is 0 Å². The lowest BCUT2D eigenvalue weighted by Crippen LogP contribution is -2.24. The van der Waals surface area contributed by atoms with Crippen LogP contribution < -0.4 is 19.8 Å². The van der Waals surface area contributed by atoms with E-state index < -0.39 is 0 Å². The number of unbranched alkanes of at least 4 members (excludes halogenated alkanes) is 9. The van der Waals surface area contributed by atoms with Crippen LogP contribution in [0.4, 0.5) is 0 Å². The molecule has 0 bridgehead atoms. The van der Waals surface area contributed by atoms with Crippen LogP contribution in [0.3, 0.4) is 0 Å². The molecule has 0 spiro atoms. The summed E-state index contributed by atoms with van der Waals surface area (Å²) in [6.07, 6.45) is 19.9. The monoisotopic (exact) mass is 581 g/mol. The Hall–Kier alpha value is -2.69. The molecule has 2 aromatic rings. The number of pyridine rings is 1. The Bertz CT molecular complexity index is 1160. The van der Waals surface area contributed by atoms with Crippen molar-refractivity contribution in [3.05, 3.63) is 51.9 Å². The number of rotatable bonds is 23. The summed E-state index contributed by atoms with van der Waals surface area (Å²) in [4.78, 5) is 14.1. The Morgan fingerprint density at radius 2 is 1.40 bits per heavy atom. The average molecular weight is 582 g/mol. The van der Waals surface area contributed by atoms with Crippen LogP contribution in [0.5, 0.6) is 17.2 Å². The molecule has 1 aromatic carbocycles. The second-order valence-electron chi connectivity index (χ2n) is 11.9. The predicted molar refractivity (Wildman–Crippen MR) is 180 cm³/mol. The Morgan fingerprint density at radius 1 is 0.738 bits per heavy atom. The fraction of sp³-hybridized carbons (Fsp3) is 0.649. The van der Waals surface area contributed by atoms with Crippen LogP contribution in [0.2, 0.25) is 0 Å². The van der Waals surface area contributed by atoms with Crippen LogP contribution in [0, 0.1) is 0 Å². The molecular formula is C37H59NO4. The molecule has 5 heteroatoms. The summed E-state index contributed by atoms with van der Waals surface area (Å²) < 4.78 is 20.6. The number of fused-ring (bicyclic) bond motifs is 1. The number of hydrogen-bond acceptors (Lipinski definition) is 4. The lowest BCUT2D eigenvalue weighted by molar-refractivity contribution is 0.275. The number of aromatic nitrogens is 1. The molecular weight excluding hydrogens is 522 g/mol. The Morgan fingerprint density at radius 3 is 2.12 bits per heavy atom. The van der Waals surface area contributed by atoms with Crippen molar-refractivity contribution in [1.82, 2.24) is 4.57 Å². The van der Waals surface area contributed by atoms with Crippen molar-refractivity contribution in [2.75, 3.05) is 19.8 Å². The van der Waals surface area contributed by atoms with Gasteiger partial charge in [0.05, 0.1) is 18.7 Å². The molecule has 0 aliphatic heterocycles. The van der Waals surface area contributed by atoms with E-state index in [0.717, 1.165) is 68.0 Å². The van der Waals surface area contributed by atoms with E-state index in [1.807, 2.05) is 22.8 Å². The summed E-state index contributed by atoms with van der Waals surface area (Å²) in [5, 5.41) is 0.915. The standard InChI is InChI=1S/C37H59NO4/c1-7-10-13-15-16-17-25-38-34-29-32(40-26-12-9-3)22-23-33(34)35(41-27-18-14-11-8-2)36(37(38)39)42-28-24-31(6)21-19-20-30(4)5/h20,22-24,29H,7-19,21,25-28H2,1-6H3/b31-24+. The number of ether oxygens (including phenoxy) is 3. The number of allylic oxidation sites excluding steroid dienone is 3. The molecule has 0 saturated heterocycles. The summed E-state index contributed by atoms with van der Waals surface area (Å²) >= 11 is 0. The van der Waals surface area contributed by atoms with Crippen molar-refractivity contribution >= 4 is 10.9 Å². The van der Waals surface area contributed by atoms with Gasteiger partial charge >= 0.3 is 0 Å². The first-order valence-electron chi connectivity index (χ1n) is 16.8. The van der Waals surface area contributed by atoms with Gasteiger partial charge in [0.25, 0.3) is 5.56 Å². The van der Waals surface area contributed by atoms with Gasteiger partial charge in [0.15, 0.2) is 5.75 Å². The first-order valence-corrected chi connectivity index (χ1v) is 16.8. The van der Waals surface area contributed by atoms with Crippen molar-refractivity contribution in [1.29, 1.82) is 0 Å². The highest BCUT2D eigenvalue weighted by molar-refractivity contribution is 5.89. The summed E-state index contributed by atoms with van der Waals surface area (Å²) in [7, 11) is 0. The zero-order valence-corrected chi connectivity index (χ0v) is 27.7. The quantitative estimate of drug-likeness (QED) is 0.0967. The first kappa shape index (κ1) is 35.5. The highest BCUT2D eigenvalue weighted by Crippen LogP contribution is 2.35. The molecule has 0 N–H and O–H groups in total. The minimum Gasteiger partial charge on any atom is -0.494 e. The molecule has 0 amide bonds. The Labute approximate surface area is 256 Å². The van der Waals surface area contributed by atoms with Crippen molar-refractivity contribution in [2.45, 2.75) is 138 Å². The topological polar surface area (TPSA) is 49.7 Å². The number of hydrogen-bond donors (Lipinski definition) is 0. The van der Waals surface area contributed by atoms with Crippen molar-refractivity contribution < 1.29 is 14.2 Å². The van der Waals surface area contributed by atoms with E-state index in [1.165, 1.54) is 49.7 Å². The molecule has 0 radical (unpaired) electrons. The van der Waals surface area contributed by atoms with E-state index in [-0.39, 0.29) is 5.56 Å². The van der Waals surface area contributed by atoms with E-state index in [0.29, 0.717) is 37.9 Å². The van der Waals surface area contributed by atoms with E-state index >= 15 is 0 Å². The van der Waals surface area contributed by atoms with Crippen molar-refractivity contribution in [3.63, 3.8) is 0 Å². The van der Waals surface area contributed by atoms with Crippen LogP contribution >= 0.6 is 0 Å². The minimum atomic E-state index is -0.110. The number of aryl methyl sites for hydroxylation is 1. The van der Waals surface area contributed by atoms with Crippen LogP contribution in [-0.2, 0) is 6.54 Å². The maximum absolute atomic E-state index is 14.1. The molecule has 0 aliphatic carbocycles. The van der Waals surface area contributed by atoms with E-state index in [2.05, 4.69) is 53.7 Å². The molecule has 5 nitrogen and oxygen atoms in total. The molecule has 0 fully saturated rings. The molecule has 42 heavy (non-hydrogen) atoms. The molecule has 236 valence electrons. The Balaban J connectivity index is 2.44. The molecule has 1 aromatic heterocycles. The third-order valence-corrected chi connectivity index (χ3v) is 7.65. The molecule has 2 rings (SSSR count). The van der Waals surface area contributed by atoms with Crippen LogP contribution in [0.1, 0.15) is 131 Å². The summed E-state index contributed by atoms with van der Waals surface area (Å²) in [6, 6.07) is 6.06. The highest BCUT2D eigenvalue weighted by Gasteiger charge is 2.20. The number of nitrogens with zero attached hydrogens (tertiary/aromatic N) is 1. The van der Waals surface area contributed by atoms with Gasteiger partial charge in [-0.3, -0.25) is 4.79 Å². The average Bonchev–Trinajstić information content (AvgIpc) is 2.97. The number of benzene rings is 1. The Kier molecular flexibility index (Phi) is 17.8. The van der Waals surface area contributed by atoms with Gasteiger partial charge in [-0.15, -0.1) is 0 Å². The minimum absolute atomic E-state index is 0.110. The largest absolute Gasteiger partial charge is 0.494 e. The third kappa shape index (κ3) is 12.7. The second-order valence-corrected chi connectivity index (χ2v) is 11.9. The fourth-order valence-corrected chi connectivity index (χ4v) is 5.01. The van der Waals surface area contributed by atoms with Gasteiger partial charge in [0, 0.05) is 18.0 Å². The van der Waals surface area contributed by atoms with E-state index in [9.17, 15) is 4.79 Å². The van der Waals surface area contributed by atoms with E-state index in [1.54, 1.807) is 0 Å². The van der Waals surface area contributed by atoms with E-state index in [4.69, 9.17) is 14.2 Å². The lowest BCUT2D eigenvalue weighted by Gasteiger charge is -2.19. The predicted octanol–water partition coefficient (Wildman–Crippen LogP) is 10.6. The summed E-state index contributed by atoms with van der Waals surface area (Å²) in [5.74, 6) is 1.70. The van der Waals surface area contributed by atoms with Gasteiger partial charge in [0.1, 0.15) is 12.4 Å². The van der Waals surface area contributed by atoms with Crippen LogP contribution in [0.25, 0.3) is 10.9 Å². The maximum Gasteiger partial charge on any atom is 0.297 e. The lowest BCUT2D eigenvalue weighted by atomic mass is 10.1. The van der Waals surface area contributed by atoms with Gasteiger partial charge in [0.2, 0.25) is 5.75 Å². The smallest absolute Gasteiger partial charge is 0.297 e. The van der Waals surface area contributed by atoms with Crippen LogP contribution in [-0.4, -0.2) is 24.4 Å². The SMILES string of the molecule is CCCCCCCCn1c(=O)c(OC/C=C(\C)CCC=C(C)C)c(OCCCCCC)c2ccc(OCCCC)cc21. The zero-order valence-electron chi connectivity index (χ0n) is 27.7. The maximum atomic E-state index is 14.1. The molecule has 0 unspecified atom stereocenters. The van der Waals surface area contributed by atoms with Gasteiger partial charge in [-0.05, 0) is 71.1 Å². The summed E-state index contributed by atoms with van der Waals surface area (Å²) in [5.41, 5.74) is 3.35. The third-order valence-electron chi connectivity index (χ3n) is 7.65. The molecule has 1 heterocycles. The normalized spacial score (nSPS) is 11.6. The highest BCUT2D eigenvalue weighted by atomic mass is 16.5. The van der Waals surface area contributed by atoms with Gasteiger partial charge in [-0.1, -0.05) is 95.8 Å². The first-order chi connectivity index (χ1) is 20.4. The van der Waals surface area contributed by atoms with Crippen molar-refractivity contribution in [3.8, 4) is 17.2 Å². The summed E-state index contributed by atoms with van der Waals surface area (Å²) in [6.45, 7) is 15.2. The van der Waals surface area contributed by atoms with Crippen molar-refractivity contribution in [2.24, 2.45) is 0 Å². The second kappa shape index (κ2) is 21.1. The van der Waals surface area contributed by atoms with Gasteiger partial charge < -0.3 is 18.8 Å². The van der Waals surface area contributed by atoms with Crippen LogP contribution in [0.15, 0.2) is 46.3 Å². The van der Waals surface area contributed by atoms with Gasteiger partial charge in [-0.2, -0.15) is 0 Å². The fourth-order valence-electron chi connectivity index (χ4n) is 5.01. The molecule has 0 atom stereocenters. The zero-order chi connectivity index (χ0) is 30.6.